The van der Waals surface area contributed by atoms with Crippen LogP contribution in [0.4, 0.5) is 0 Å². The minimum atomic E-state index is -3.66. The molecule has 0 bridgehead atoms. The van der Waals surface area contributed by atoms with Crippen LogP contribution in [-0.4, -0.2) is 51.1 Å². The summed E-state index contributed by atoms with van der Waals surface area (Å²) in [5, 5.41) is 1.88. The van der Waals surface area contributed by atoms with Gasteiger partial charge in [-0.3, -0.25) is 4.84 Å². The van der Waals surface area contributed by atoms with Gasteiger partial charge in [0.25, 0.3) is 0 Å². The molecule has 0 spiro atoms. The lowest BCUT2D eigenvalue weighted by atomic mass is 9.87. The lowest BCUT2D eigenvalue weighted by Crippen LogP contribution is -2.49. The molecule has 0 N–H and O–H groups in total. The van der Waals surface area contributed by atoms with Gasteiger partial charge < -0.3 is 4.74 Å². The molecule has 2 aromatic carbocycles. The van der Waals surface area contributed by atoms with Gasteiger partial charge >= 0.3 is 0 Å². The number of sulfonamides is 1. The van der Waals surface area contributed by atoms with Crippen molar-refractivity contribution in [2.75, 3.05) is 27.3 Å². The highest BCUT2D eigenvalue weighted by atomic mass is 79.9. The quantitative estimate of drug-likeness (QED) is 0.690. The van der Waals surface area contributed by atoms with Gasteiger partial charge in [0.1, 0.15) is 5.75 Å². The second-order valence-electron chi connectivity index (χ2n) is 7.23. The average Bonchev–Trinajstić information content (AvgIpc) is 3.07. The number of rotatable bonds is 4. The highest BCUT2D eigenvalue weighted by molar-refractivity contribution is 9.10. The third-order valence-corrected chi connectivity index (χ3v) is 8.01. The average molecular weight is 467 g/mol. The van der Waals surface area contributed by atoms with E-state index in [1.807, 2.05) is 36.4 Å². The van der Waals surface area contributed by atoms with Gasteiger partial charge in [-0.15, -0.1) is 0 Å². The standard InChI is InChI=1S/C20H23BrN2O4S/c1-22-19-11-20(14-4-3-5-16(21)10-14)23(12-15(19)13-27-22)28(24,25)18-8-6-17(26-2)7-9-18/h3-10,15,19-20H,11-13H2,1-2H3/t15-,19-,20-/m0/s1. The van der Waals surface area contributed by atoms with Gasteiger partial charge in [-0.1, -0.05) is 28.1 Å². The number of hydroxylamine groups is 2. The molecule has 0 aliphatic carbocycles. The lowest BCUT2D eigenvalue weighted by Gasteiger charge is -2.41. The van der Waals surface area contributed by atoms with Crippen LogP contribution in [-0.2, 0) is 14.9 Å². The zero-order valence-electron chi connectivity index (χ0n) is 15.8. The Bertz CT molecular complexity index is 951. The smallest absolute Gasteiger partial charge is 0.243 e. The zero-order valence-corrected chi connectivity index (χ0v) is 18.2. The van der Waals surface area contributed by atoms with Crippen molar-refractivity contribution in [1.29, 1.82) is 0 Å². The van der Waals surface area contributed by atoms with E-state index in [1.165, 1.54) is 0 Å². The van der Waals surface area contributed by atoms with E-state index in [-0.39, 0.29) is 22.9 Å². The highest BCUT2D eigenvalue weighted by Crippen LogP contribution is 2.42. The fraction of sp³-hybridized carbons (Fsp3) is 0.400. The molecule has 3 atom stereocenters. The van der Waals surface area contributed by atoms with Crippen molar-refractivity contribution >= 4 is 26.0 Å². The van der Waals surface area contributed by atoms with E-state index in [9.17, 15) is 8.42 Å². The van der Waals surface area contributed by atoms with Crippen LogP contribution in [0.5, 0.6) is 5.75 Å². The summed E-state index contributed by atoms with van der Waals surface area (Å²) in [5.74, 6) is 0.786. The summed E-state index contributed by atoms with van der Waals surface area (Å²) in [6.45, 7) is 0.974. The second-order valence-corrected chi connectivity index (χ2v) is 10.0. The summed E-state index contributed by atoms with van der Waals surface area (Å²) >= 11 is 3.51. The number of fused-ring (bicyclic) bond motifs is 1. The molecule has 150 valence electrons. The Morgan fingerprint density at radius 1 is 1.18 bits per heavy atom. The molecular weight excluding hydrogens is 444 g/mol. The Balaban J connectivity index is 1.74. The number of hydrogen-bond donors (Lipinski definition) is 0. The largest absolute Gasteiger partial charge is 0.497 e. The molecule has 0 radical (unpaired) electrons. The van der Waals surface area contributed by atoms with Crippen molar-refractivity contribution in [2.45, 2.75) is 23.4 Å². The van der Waals surface area contributed by atoms with E-state index in [1.54, 1.807) is 35.7 Å². The number of benzene rings is 2. The van der Waals surface area contributed by atoms with Crippen LogP contribution >= 0.6 is 15.9 Å². The third kappa shape index (κ3) is 3.59. The summed E-state index contributed by atoms with van der Waals surface area (Å²) in [7, 11) is -0.174. The Morgan fingerprint density at radius 2 is 1.93 bits per heavy atom. The first-order valence-electron chi connectivity index (χ1n) is 9.17. The van der Waals surface area contributed by atoms with Crippen molar-refractivity contribution in [3.63, 3.8) is 0 Å². The van der Waals surface area contributed by atoms with E-state index in [0.717, 1.165) is 10.0 Å². The van der Waals surface area contributed by atoms with Crippen LogP contribution in [0.1, 0.15) is 18.0 Å². The van der Waals surface area contributed by atoms with Gasteiger partial charge in [-0.25, -0.2) is 8.42 Å². The zero-order chi connectivity index (χ0) is 19.9. The molecule has 0 aromatic heterocycles. The van der Waals surface area contributed by atoms with Crippen molar-refractivity contribution < 1.29 is 18.0 Å². The molecule has 4 rings (SSSR count). The first kappa shape index (κ1) is 19.8. The summed E-state index contributed by atoms with van der Waals surface area (Å²) in [4.78, 5) is 5.97. The predicted molar refractivity (Wildman–Crippen MR) is 109 cm³/mol. The van der Waals surface area contributed by atoms with E-state index >= 15 is 0 Å². The van der Waals surface area contributed by atoms with Gasteiger partial charge in [0.2, 0.25) is 10.0 Å². The van der Waals surface area contributed by atoms with Gasteiger partial charge in [0, 0.05) is 30.0 Å². The first-order valence-corrected chi connectivity index (χ1v) is 11.4. The topological polar surface area (TPSA) is 59.1 Å². The number of halogens is 1. The van der Waals surface area contributed by atoms with Crippen molar-refractivity contribution in [2.24, 2.45) is 5.92 Å². The molecule has 0 amide bonds. The number of piperidine rings is 1. The molecule has 0 saturated carbocycles. The first-order chi connectivity index (χ1) is 13.4. The van der Waals surface area contributed by atoms with Gasteiger partial charge in [-0.2, -0.15) is 9.37 Å². The maximum absolute atomic E-state index is 13.5. The molecule has 28 heavy (non-hydrogen) atoms. The number of methoxy groups -OCH3 is 1. The van der Waals surface area contributed by atoms with Crippen molar-refractivity contribution in [3.8, 4) is 5.75 Å². The normalized spacial score (nSPS) is 26.2. The lowest BCUT2D eigenvalue weighted by molar-refractivity contribution is -0.113. The Morgan fingerprint density at radius 3 is 2.61 bits per heavy atom. The maximum Gasteiger partial charge on any atom is 0.243 e. The molecule has 2 heterocycles. The van der Waals surface area contributed by atoms with E-state index in [2.05, 4.69) is 15.9 Å². The SMILES string of the molecule is COc1ccc(S(=O)(=O)N2C[C@H]3CON(C)[C@H]3C[C@H]2c2cccc(Br)c2)cc1. The Hall–Kier alpha value is -1.45. The maximum atomic E-state index is 13.5. The molecule has 2 aromatic rings. The Kier molecular flexibility index (Phi) is 5.50. The molecule has 0 unspecified atom stereocenters. The molecule has 2 aliphatic heterocycles. The van der Waals surface area contributed by atoms with E-state index in [4.69, 9.17) is 9.57 Å². The van der Waals surface area contributed by atoms with E-state index in [0.29, 0.717) is 25.3 Å². The fourth-order valence-corrected chi connectivity index (χ4v) is 6.20. The van der Waals surface area contributed by atoms with E-state index < -0.39 is 10.0 Å². The van der Waals surface area contributed by atoms with Crippen LogP contribution < -0.4 is 4.74 Å². The molecule has 2 saturated heterocycles. The summed E-state index contributed by atoms with van der Waals surface area (Å²) < 4.78 is 34.8. The second kappa shape index (κ2) is 7.76. The number of nitrogens with zero attached hydrogens (tertiary/aromatic N) is 2. The van der Waals surface area contributed by atoms with Gasteiger partial charge in [0.05, 0.1) is 24.7 Å². The molecule has 6 nitrogen and oxygen atoms in total. The summed E-state index contributed by atoms with van der Waals surface area (Å²) in [5.41, 5.74) is 0.977. The highest BCUT2D eigenvalue weighted by Gasteiger charge is 2.46. The van der Waals surface area contributed by atoms with Crippen LogP contribution in [0.2, 0.25) is 0 Å². The fourth-order valence-electron chi connectivity index (χ4n) is 4.10. The summed E-state index contributed by atoms with van der Waals surface area (Å²) in [6, 6.07) is 14.4. The van der Waals surface area contributed by atoms with Crippen LogP contribution in [0.15, 0.2) is 57.9 Å². The molecular formula is C20H23BrN2O4S. The van der Waals surface area contributed by atoms with Crippen LogP contribution in [0.3, 0.4) is 0 Å². The molecule has 2 aliphatic rings. The number of hydrogen-bond acceptors (Lipinski definition) is 5. The predicted octanol–water partition coefficient (Wildman–Crippen LogP) is 3.46. The van der Waals surface area contributed by atoms with Gasteiger partial charge in [-0.05, 0) is 48.4 Å². The minimum Gasteiger partial charge on any atom is -0.497 e. The minimum absolute atomic E-state index is 0.154. The Labute approximate surface area is 174 Å². The monoisotopic (exact) mass is 466 g/mol. The molecule has 2 fully saturated rings. The molecule has 8 heteroatoms. The van der Waals surface area contributed by atoms with Crippen LogP contribution in [0.25, 0.3) is 0 Å². The third-order valence-electron chi connectivity index (χ3n) is 5.63. The van der Waals surface area contributed by atoms with Crippen molar-refractivity contribution in [1.82, 2.24) is 9.37 Å². The number of ether oxygens (including phenoxy) is 1. The van der Waals surface area contributed by atoms with Crippen molar-refractivity contribution in [3.05, 3.63) is 58.6 Å². The summed E-state index contributed by atoms with van der Waals surface area (Å²) in [6.07, 6.45) is 0.688. The van der Waals surface area contributed by atoms with Crippen LogP contribution in [0, 0.1) is 5.92 Å². The van der Waals surface area contributed by atoms with Gasteiger partial charge in [0.15, 0.2) is 0 Å².